The van der Waals surface area contributed by atoms with E-state index in [0.29, 0.717) is 13.2 Å². The van der Waals surface area contributed by atoms with Crippen LogP contribution in [0.15, 0.2) is 12.8 Å². The lowest BCUT2D eigenvalue weighted by Gasteiger charge is -2.16. The van der Waals surface area contributed by atoms with Crippen LogP contribution in [-0.2, 0) is 14.2 Å². The molecule has 0 aliphatic carbocycles. The molecule has 0 amide bonds. The summed E-state index contributed by atoms with van der Waals surface area (Å²) in [4.78, 5) is 0. The highest BCUT2D eigenvalue weighted by Crippen LogP contribution is 1.97. The minimum atomic E-state index is 0.0842. The first-order valence-corrected chi connectivity index (χ1v) is 4.66. The van der Waals surface area contributed by atoms with E-state index in [4.69, 9.17) is 14.2 Å². The Morgan fingerprint density at radius 2 is 1.77 bits per heavy atom. The highest BCUT2D eigenvalue weighted by Gasteiger charge is 2.05. The minimum absolute atomic E-state index is 0.0842. The van der Waals surface area contributed by atoms with Crippen molar-refractivity contribution in [2.75, 3.05) is 19.8 Å². The van der Waals surface area contributed by atoms with Crippen LogP contribution in [-0.4, -0.2) is 32.0 Å². The van der Waals surface area contributed by atoms with Crippen LogP contribution in [0, 0.1) is 0 Å². The van der Waals surface area contributed by atoms with Gasteiger partial charge in [-0.25, -0.2) is 0 Å². The topological polar surface area (TPSA) is 27.7 Å². The SMILES string of the molecule is C=COCC(C)OCC(C)OCC. The Balaban J connectivity index is 3.33. The van der Waals surface area contributed by atoms with Crippen molar-refractivity contribution < 1.29 is 14.2 Å². The van der Waals surface area contributed by atoms with E-state index in [-0.39, 0.29) is 12.2 Å². The molecule has 78 valence electrons. The largest absolute Gasteiger partial charge is 0.499 e. The Morgan fingerprint density at radius 3 is 2.31 bits per heavy atom. The van der Waals surface area contributed by atoms with Gasteiger partial charge in [0.05, 0.1) is 25.1 Å². The van der Waals surface area contributed by atoms with Crippen LogP contribution in [0.4, 0.5) is 0 Å². The first-order chi connectivity index (χ1) is 6.20. The fraction of sp³-hybridized carbons (Fsp3) is 0.800. The lowest BCUT2D eigenvalue weighted by Crippen LogP contribution is -2.22. The van der Waals surface area contributed by atoms with Crippen molar-refractivity contribution in [2.45, 2.75) is 33.0 Å². The van der Waals surface area contributed by atoms with Gasteiger partial charge in [-0.1, -0.05) is 6.58 Å². The molecule has 0 bridgehead atoms. The molecule has 0 aliphatic rings. The van der Waals surface area contributed by atoms with Gasteiger partial charge in [-0.3, -0.25) is 0 Å². The number of rotatable bonds is 8. The molecule has 0 fully saturated rings. The Bertz CT molecular complexity index is 125. The van der Waals surface area contributed by atoms with Crippen molar-refractivity contribution >= 4 is 0 Å². The molecular formula is C10H20O3. The normalized spacial score (nSPS) is 15.0. The standard InChI is InChI=1S/C10H20O3/c1-5-11-7-9(3)13-8-10(4)12-6-2/h5,9-10H,1,6-8H2,2-4H3. The summed E-state index contributed by atoms with van der Waals surface area (Å²) >= 11 is 0. The molecule has 3 heteroatoms. The molecule has 0 aromatic heterocycles. The minimum Gasteiger partial charge on any atom is -0.499 e. The van der Waals surface area contributed by atoms with E-state index in [1.165, 1.54) is 6.26 Å². The van der Waals surface area contributed by atoms with E-state index in [2.05, 4.69) is 6.58 Å². The predicted molar refractivity (Wildman–Crippen MR) is 52.7 cm³/mol. The zero-order chi connectivity index (χ0) is 10.1. The van der Waals surface area contributed by atoms with Crippen LogP contribution in [0.3, 0.4) is 0 Å². The molecule has 0 N–H and O–H groups in total. The maximum atomic E-state index is 5.46. The van der Waals surface area contributed by atoms with Gasteiger partial charge < -0.3 is 14.2 Å². The third-order valence-corrected chi connectivity index (χ3v) is 1.52. The number of ether oxygens (including phenoxy) is 3. The van der Waals surface area contributed by atoms with Crippen molar-refractivity contribution in [2.24, 2.45) is 0 Å². The third kappa shape index (κ3) is 7.81. The van der Waals surface area contributed by atoms with E-state index < -0.39 is 0 Å². The summed E-state index contributed by atoms with van der Waals surface area (Å²) < 4.78 is 15.8. The lowest BCUT2D eigenvalue weighted by molar-refractivity contribution is -0.0440. The monoisotopic (exact) mass is 188 g/mol. The van der Waals surface area contributed by atoms with Crippen molar-refractivity contribution in [3.63, 3.8) is 0 Å². The number of hydrogen-bond acceptors (Lipinski definition) is 3. The van der Waals surface area contributed by atoms with Crippen molar-refractivity contribution in [3.8, 4) is 0 Å². The molecule has 0 saturated heterocycles. The Kier molecular flexibility index (Phi) is 7.74. The molecular weight excluding hydrogens is 168 g/mol. The molecule has 0 heterocycles. The summed E-state index contributed by atoms with van der Waals surface area (Å²) in [6.45, 7) is 11.3. The van der Waals surface area contributed by atoms with Crippen molar-refractivity contribution in [1.82, 2.24) is 0 Å². The van der Waals surface area contributed by atoms with Crippen molar-refractivity contribution in [1.29, 1.82) is 0 Å². The zero-order valence-electron chi connectivity index (χ0n) is 8.79. The molecule has 0 saturated carbocycles. The van der Waals surface area contributed by atoms with Crippen molar-refractivity contribution in [3.05, 3.63) is 12.8 Å². The molecule has 0 aliphatic heterocycles. The molecule has 0 rings (SSSR count). The summed E-state index contributed by atoms with van der Waals surface area (Å²) in [6.07, 6.45) is 1.66. The summed E-state index contributed by atoms with van der Waals surface area (Å²) in [6, 6.07) is 0. The van der Waals surface area contributed by atoms with Gasteiger partial charge in [0, 0.05) is 6.61 Å². The zero-order valence-corrected chi connectivity index (χ0v) is 8.79. The highest BCUT2D eigenvalue weighted by molar-refractivity contribution is 4.55. The molecule has 3 nitrogen and oxygen atoms in total. The van der Waals surface area contributed by atoms with Crippen LogP contribution < -0.4 is 0 Å². The van der Waals surface area contributed by atoms with E-state index in [9.17, 15) is 0 Å². The van der Waals surface area contributed by atoms with Crippen LogP contribution >= 0.6 is 0 Å². The molecule has 0 aromatic rings. The second-order valence-corrected chi connectivity index (χ2v) is 2.91. The van der Waals surface area contributed by atoms with E-state index in [1.807, 2.05) is 20.8 Å². The average Bonchev–Trinajstić information content (AvgIpc) is 2.12. The van der Waals surface area contributed by atoms with Gasteiger partial charge in [0.1, 0.15) is 6.61 Å². The van der Waals surface area contributed by atoms with Crippen LogP contribution in [0.25, 0.3) is 0 Å². The Hall–Kier alpha value is -0.540. The second-order valence-electron chi connectivity index (χ2n) is 2.91. The maximum Gasteiger partial charge on any atom is 0.113 e. The van der Waals surface area contributed by atoms with Gasteiger partial charge in [0.2, 0.25) is 0 Å². The smallest absolute Gasteiger partial charge is 0.113 e. The highest BCUT2D eigenvalue weighted by atomic mass is 16.6. The van der Waals surface area contributed by atoms with Gasteiger partial charge in [0.25, 0.3) is 0 Å². The molecule has 2 atom stereocenters. The molecule has 0 spiro atoms. The fourth-order valence-electron chi connectivity index (χ4n) is 0.884. The summed E-state index contributed by atoms with van der Waals surface area (Å²) in [5.41, 5.74) is 0. The van der Waals surface area contributed by atoms with E-state index in [0.717, 1.165) is 6.61 Å². The summed E-state index contributed by atoms with van der Waals surface area (Å²) in [5, 5.41) is 0. The van der Waals surface area contributed by atoms with Gasteiger partial charge in [-0.15, -0.1) is 0 Å². The lowest BCUT2D eigenvalue weighted by atomic mass is 10.4. The quantitative estimate of drug-likeness (QED) is 0.545. The Morgan fingerprint density at radius 1 is 1.15 bits per heavy atom. The van der Waals surface area contributed by atoms with E-state index >= 15 is 0 Å². The van der Waals surface area contributed by atoms with Crippen LogP contribution in [0.5, 0.6) is 0 Å². The molecule has 0 radical (unpaired) electrons. The van der Waals surface area contributed by atoms with Crippen LogP contribution in [0.1, 0.15) is 20.8 Å². The third-order valence-electron chi connectivity index (χ3n) is 1.52. The average molecular weight is 188 g/mol. The van der Waals surface area contributed by atoms with Gasteiger partial charge >= 0.3 is 0 Å². The summed E-state index contributed by atoms with van der Waals surface area (Å²) in [7, 11) is 0. The first kappa shape index (κ1) is 12.5. The predicted octanol–water partition coefficient (Wildman–Crippen LogP) is 1.98. The Labute approximate surface area is 80.7 Å². The molecule has 0 aromatic carbocycles. The molecule has 13 heavy (non-hydrogen) atoms. The van der Waals surface area contributed by atoms with Crippen LogP contribution in [0.2, 0.25) is 0 Å². The fourth-order valence-corrected chi connectivity index (χ4v) is 0.884. The number of hydrogen-bond donors (Lipinski definition) is 0. The van der Waals surface area contributed by atoms with Gasteiger partial charge in [-0.2, -0.15) is 0 Å². The summed E-state index contributed by atoms with van der Waals surface area (Å²) in [5.74, 6) is 0. The van der Waals surface area contributed by atoms with Gasteiger partial charge in [-0.05, 0) is 20.8 Å². The first-order valence-electron chi connectivity index (χ1n) is 4.66. The van der Waals surface area contributed by atoms with Gasteiger partial charge in [0.15, 0.2) is 0 Å². The van der Waals surface area contributed by atoms with E-state index in [1.54, 1.807) is 0 Å². The maximum absolute atomic E-state index is 5.46. The molecule has 2 unspecified atom stereocenters. The second kappa shape index (κ2) is 8.08.